The van der Waals surface area contributed by atoms with Gasteiger partial charge in [0.1, 0.15) is 5.82 Å². The van der Waals surface area contributed by atoms with Crippen LogP contribution in [0, 0.1) is 5.82 Å². The van der Waals surface area contributed by atoms with E-state index in [1.807, 2.05) is 0 Å². The van der Waals surface area contributed by atoms with Crippen LogP contribution in [0.3, 0.4) is 0 Å². The monoisotopic (exact) mass is 237 g/mol. The maximum absolute atomic E-state index is 12.9. The van der Waals surface area contributed by atoms with Crippen molar-refractivity contribution in [1.29, 1.82) is 0 Å². The van der Waals surface area contributed by atoms with Crippen molar-refractivity contribution in [1.82, 2.24) is 10.6 Å². The number of amides is 2. The van der Waals surface area contributed by atoms with Gasteiger partial charge < -0.3 is 16.0 Å². The van der Waals surface area contributed by atoms with E-state index in [2.05, 4.69) is 16.0 Å². The molecule has 0 saturated carbocycles. The van der Waals surface area contributed by atoms with Gasteiger partial charge in [-0.05, 0) is 37.6 Å². The highest BCUT2D eigenvalue weighted by Crippen LogP contribution is 2.08. The van der Waals surface area contributed by atoms with Crippen molar-refractivity contribution >= 4 is 11.7 Å². The van der Waals surface area contributed by atoms with Gasteiger partial charge in [0, 0.05) is 18.3 Å². The molecule has 1 heterocycles. The molecular weight excluding hydrogens is 221 g/mol. The highest BCUT2D eigenvalue weighted by Gasteiger charge is 2.14. The molecule has 0 aromatic heterocycles. The maximum Gasteiger partial charge on any atom is 0.319 e. The van der Waals surface area contributed by atoms with Crippen LogP contribution in [0.15, 0.2) is 24.3 Å². The van der Waals surface area contributed by atoms with Crippen LogP contribution in [0.1, 0.15) is 12.8 Å². The molecule has 1 aromatic rings. The fraction of sp³-hybridized carbons (Fsp3) is 0.417. The molecule has 0 radical (unpaired) electrons. The topological polar surface area (TPSA) is 53.2 Å². The van der Waals surface area contributed by atoms with E-state index >= 15 is 0 Å². The lowest BCUT2D eigenvalue weighted by Gasteiger charge is -2.12. The molecule has 1 aliphatic heterocycles. The number of urea groups is 1. The van der Waals surface area contributed by atoms with Gasteiger partial charge in [0.25, 0.3) is 0 Å². The molecule has 1 atom stereocenters. The van der Waals surface area contributed by atoms with E-state index in [1.165, 1.54) is 12.1 Å². The van der Waals surface area contributed by atoms with Crippen molar-refractivity contribution in [2.45, 2.75) is 18.9 Å². The fourth-order valence-electron chi connectivity index (χ4n) is 1.89. The summed E-state index contributed by atoms with van der Waals surface area (Å²) in [7, 11) is 0. The molecule has 0 bridgehead atoms. The van der Waals surface area contributed by atoms with Crippen molar-refractivity contribution in [2.75, 3.05) is 18.4 Å². The Hall–Kier alpha value is -1.62. The molecule has 0 spiro atoms. The summed E-state index contributed by atoms with van der Waals surface area (Å²) < 4.78 is 12.9. The van der Waals surface area contributed by atoms with Gasteiger partial charge in [0.15, 0.2) is 0 Å². The van der Waals surface area contributed by atoms with Crippen LogP contribution in [-0.2, 0) is 0 Å². The predicted octanol–water partition coefficient (Wildman–Crippen LogP) is 1.70. The molecule has 1 fully saturated rings. The molecule has 2 rings (SSSR count). The Bertz CT molecular complexity index is 391. The Kier molecular flexibility index (Phi) is 3.93. The van der Waals surface area contributed by atoms with E-state index in [-0.39, 0.29) is 11.8 Å². The highest BCUT2D eigenvalue weighted by atomic mass is 19.1. The predicted molar refractivity (Wildman–Crippen MR) is 64.4 cm³/mol. The first kappa shape index (κ1) is 11.9. The standard InChI is InChI=1S/C12H16FN3O/c13-9-3-1-4-10(7-9)16-12(17)15-8-11-5-2-6-14-11/h1,3-4,7,11,14H,2,5-6,8H2,(H2,15,16,17). The molecule has 3 N–H and O–H groups in total. The zero-order valence-corrected chi connectivity index (χ0v) is 9.50. The first-order chi connectivity index (χ1) is 8.24. The number of carbonyl (C=O) groups excluding carboxylic acids is 1. The molecule has 1 unspecified atom stereocenters. The Balaban J connectivity index is 1.76. The minimum absolute atomic E-state index is 0.302. The molecular formula is C12H16FN3O. The van der Waals surface area contributed by atoms with E-state index in [1.54, 1.807) is 12.1 Å². The van der Waals surface area contributed by atoms with E-state index in [0.29, 0.717) is 18.3 Å². The number of hydrogen-bond acceptors (Lipinski definition) is 2. The summed E-state index contributed by atoms with van der Waals surface area (Å²) in [6, 6.07) is 5.89. The summed E-state index contributed by atoms with van der Waals surface area (Å²) in [5.74, 6) is -0.361. The highest BCUT2D eigenvalue weighted by molar-refractivity contribution is 5.89. The molecule has 1 saturated heterocycles. The molecule has 92 valence electrons. The third kappa shape index (κ3) is 3.71. The number of carbonyl (C=O) groups is 1. The summed E-state index contributed by atoms with van der Waals surface area (Å²) in [5, 5.41) is 8.63. The van der Waals surface area contributed by atoms with Crippen molar-refractivity contribution in [3.05, 3.63) is 30.1 Å². The Labute approximate surface area is 99.6 Å². The molecule has 2 amide bonds. The van der Waals surface area contributed by atoms with Gasteiger partial charge in [0.2, 0.25) is 0 Å². The lowest BCUT2D eigenvalue weighted by Crippen LogP contribution is -2.39. The summed E-state index contributed by atoms with van der Waals surface area (Å²) in [5.41, 5.74) is 0.460. The van der Waals surface area contributed by atoms with Gasteiger partial charge >= 0.3 is 6.03 Å². The third-order valence-electron chi connectivity index (χ3n) is 2.75. The first-order valence-electron chi connectivity index (χ1n) is 5.78. The largest absolute Gasteiger partial charge is 0.336 e. The van der Waals surface area contributed by atoms with Crippen molar-refractivity contribution < 1.29 is 9.18 Å². The van der Waals surface area contributed by atoms with Crippen molar-refractivity contribution in [3.8, 4) is 0 Å². The van der Waals surface area contributed by atoms with Crippen LogP contribution < -0.4 is 16.0 Å². The van der Waals surface area contributed by atoms with E-state index < -0.39 is 0 Å². The van der Waals surface area contributed by atoms with Crippen LogP contribution in [0.4, 0.5) is 14.9 Å². The molecule has 4 nitrogen and oxygen atoms in total. The minimum Gasteiger partial charge on any atom is -0.336 e. The summed E-state index contributed by atoms with van der Waals surface area (Å²) in [6.07, 6.45) is 2.23. The lowest BCUT2D eigenvalue weighted by molar-refractivity contribution is 0.251. The van der Waals surface area contributed by atoms with E-state index in [0.717, 1.165) is 19.4 Å². The van der Waals surface area contributed by atoms with Crippen LogP contribution in [0.25, 0.3) is 0 Å². The average molecular weight is 237 g/mol. The number of halogens is 1. The number of rotatable bonds is 3. The van der Waals surface area contributed by atoms with Crippen LogP contribution in [-0.4, -0.2) is 25.2 Å². The summed E-state index contributed by atoms with van der Waals surface area (Å²) in [4.78, 5) is 11.5. The van der Waals surface area contributed by atoms with Gasteiger partial charge in [-0.15, -0.1) is 0 Å². The molecule has 17 heavy (non-hydrogen) atoms. The van der Waals surface area contributed by atoms with Crippen LogP contribution >= 0.6 is 0 Å². The molecule has 1 aromatic carbocycles. The van der Waals surface area contributed by atoms with Crippen LogP contribution in [0.2, 0.25) is 0 Å². The van der Waals surface area contributed by atoms with Crippen LogP contribution in [0.5, 0.6) is 0 Å². The van der Waals surface area contributed by atoms with Crippen molar-refractivity contribution in [2.24, 2.45) is 0 Å². The average Bonchev–Trinajstić information content (AvgIpc) is 2.79. The second-order valence-corrected chi connectivity index (χ2v) is 4.14. The summed E-state index contributed by atoms with van der Waals surface area (Å²) in [6.45, 7) is 1.61. The second-order valence-electron chi connectivity index (χ2n) is 4.14. The summed E-state index contributed by atoms with van der Waals surface area (Å²) >= 11 is 0. The number of nitrogens with one attached hydrogen (secondary N) is 3. The van der Waals surface area contributed by atoms with E-state index in [9.17, 15) is 9.18 Å². The SMILES string of the molecule is O=C(NCC1CCCN1)Nc1cccc(F)c1. The molecule has 1 aliphatic rings. The van der Waals surface area contributed by atoms with Gasteiger partial charge in [-0.25, -0.2) is 9.18 Å². The van der Waals surface area contributed by atoms with E-state index in [4.69, 9.17) is 0 Å². The van der Waals surface area contributed by atoms with Gasteiger partial charge in [-0.3, -0.25) is 0 Å². The molecule has 5 heteroatoms. The molecule has 0 aliphatic carbocycles. The number of anilines is 1. The first-order valence-corrected chi connectivity index (χ1v) is 5.78. The minimum atomic E-state index is -0.361. The zero-order valence-electron chi connectivity index (χ0n) is 9.50. The maximum atomic E-state index is 12.9. The van der Waals surface area contributed by atoms with Crippen molar-refractivity contribution in [3.63, 3.8) is 0 Å². The Morgan fingerprint density at radius 2 is 2.41 bits per heavy atom. The Morgan fingerprint density at radius 1 is 1.53 bits per heavy atom. The zero-order chi connectivity index (χ0) is 12.1. The van der Waals surface area contributed by atoms with Gasteiger partial charge in [-0.2, -0.15) is 0 Å². The normalized spacial score (nSPS) is 19.0. The fourth-order valence-corrected chi connectivity index (χ4v) is 1.89. The van der Waals surface area contributed by atoms with Gasteiger partial charge in [-0.1, -0.05) is 6.07 Å². The smallest absolute Gasteiger partial charge is 0.319 e. The Morgan fingerprint density at radius 3 is 3.12 bits per heavy atom. The number of benzene rings is 1. The third-order valence-corrected chi connectivity index (χ3v) is 2.75. The quantitative estimate of drug-likeness (QED) is 0.749. The lowest BCUT2D eigenvalue weighted by atomic mass is 10.2. The van der Waals surface area contributed by atoms with Gasteiger partial charge in [0.05, 0.1) is 0 Å². The number of hydrogen-bond donors (Lipinski definition) is 3. The second kappa shape index (κ2) is 5.63.